The normalized spacial score (nSPS) is 12.9. The van der Waals surface area contributed by atoms with Gasteiger partial charge >= 0.3 is 0 Å². The maximum absolute atomic E-state index is 10.6. The van der Waals surface area contributed by atoms with Crippen LogP contribution in [0.1, 0.15) is 5.56 Å². The van der Waals surface area contributed by atoms with Crippen molar-refractivity contribution in [3.05, 3.63) is 29.8 Å². The fourth-order valence-corrected chi connectivity index (χ4v) is 1.53. The Morgan fingerprint density at radius 3 is 2.82 bits per heavy atom. The Hall–Kier alpha value is -0.190. The predicted molar refractivity (Wildman–Crippen MR) is 48.1 cm³/mol. The Morgan fingerprint density at radius 2 is 2.27 bits per heavy atom. The van der Waals surface area contributed by atoms with Gasteiger partial charge in [-0.2, -0.15) is 0 Å². The van der Waals surface area contributed by atoms with E-state index in [0.29, 0.717) is 10.2 Å². The highest BCUT2D eigenvalue weighted by Crippen LogP contribution is 2.10. The van der Waals surface area contributed by atoms with Crippen LogP contribution in [0.5, 0.6) is 0 Å². The first-order chi connectivity index (χ1) is 5.24. The molecule has 0 aliphatic heterocycles. The van der Waals surface area contributed by atoms with Crippen LogP contribution in [-0.4, -0.2) is 8.76 Å². The SMILES string of the molecule is O=S(O)c1cccc(CBr)c1. The van der Waals surface area contributed by atoms with E-state index in [0.717, 1.165) is 5.56 Å². The molecule has 60 valence electrons. The molecule has 0 aliphatic rings. The molecule has 0 bridgehead atoms. The minimum atomic E-state index is -1.86. The van der Waals surface area contributed by atoms with Gasteiger partial charge in [-0.3, -0.25) is 0 Å². The Bertz CT molecular complexity index is 275. The molecule has 1 N–H and O–H groups in total. The van der Waals surface area contributed by atoms with Crippen molar-refractivity contribution >= 4 is 27.0 Å². The van der Waals surface area contributed by atoms with E-state index in [1.165, 1.54) is 0 Å². The lowest BCUT2D eigenvalue weighted by Crippen LogP contribution is -1.88. The van der Waals surface area contributed by atoms with Gasteiger partial charge in [0, 0.05) is 5.33 Å². The maximum Gasteiger partial charge on any atom is 0.186 e. The predicted octanol–water partition coefficient (Wildman–Crippen LogP) is 2.16. The summed E-state index contributed by atoms with van der Waals surface area (Å²) in [7, 11) is 0. The monoisotopic (exact) mass is 234 g/mol. The quantitative estimate of drug-likeness (QED) is 0.630. The lowest BCUT2D eigenvalue weighted by Gasteiger charge is -1.96. The standard InChI is InChI=1S/C7H7BrO2S/c8-5-6-2-1-3-7(4-6)11(9)10/h1-4H,5H2,(H,9,10). The van der Waals surface area contributed by atoms with Crippen molar-refractivity contribution in [3.63, 3.8) is 0 Å². The third-order valence-electron chi connectivity index (χ3n) is 1.25. The Balaban J connectivity index is 3.01. The lowest BCUT2D eigenvalue weighted by molar-refractivity contribution is 0.564. The molecule has 1 rings (SSSR count). The summed E-state index contributed by atoms with van der Waals surface area (Å²) in [6.45, 7) is 0. The summed E-state index contributed by atoms with van der Waals surface area (Å²) in [5.41, 5.74) is 1.00. The van der Waals surface area contributed by atoms with Crippen molar-refractivity contribution in [2.45, 2.75) is 10.2 Å². The first-order valence-electron chi connectivity index (χ1n) is 3.00. The maximum atomic E-state index is 10.6. The zero-order chi connectivity index (χ0) is 8.27. The van der Waals surface area contributed by atoms with Gasteiger partial charge in [0.05, 0.1) is 4.90 Å². The van der Waals surface area contributed by atoms with Crippen LogP contribution >= 0.6 is 15.9 Å². The highest BCUT2D eigenvalue weighted by atomic mass is 79.9. The molecule has 4 heteroatoms. The second-order valence-corrected chi connectivity index (χ2v) is 3.56. The Labute approximate surface area is 76.0 Å². The number of benzene rings is 1. The molecule has 0 amide bonds. The second kappa shape index (κ2) is 3.99. The van der Waals surface area contributed by atoms with Gasteiger partial charge in [0.2, 0.25) is 0 Å². The molecule has 0 saturated carbocycles. The molecule has 0 heterocycles. The largest absolute Gasteiger partial charge is 0.302 e. The van der Waals surface area contributed by atoms with Gasteiger partial charge in [0.25, 0.3) is 0 Å². The molecule has 1 unspecified atom stereocenters. The van der Waals surface area contributed by atoms with Crippen molar-refractivity contribution in [2.75, 3.05) is 0 Å². The molecule has 0 aromatic heterocycles. The van der Waals surface area contributed by atoms with Gasteiger partial charge in [-0.15, -0.1) is 0 Å². The molecule has 0 fully saturated rings. The van der Waals surface area contributed by atoms with Crippen LogP contribution in [0, 0.1) is 0 Å². The van der Waals surface area contributed by atoms with Crippen LogP contribution < -0.4 is 0 Å². The molecule has 1 aromatic carbocycles. The lowest BCUT2D eigenvalue weighted by atomic mass is 10.2. The average Bonchev–Trinajstić information content (AvgIpc) is 2.05. The molecule has 1 atom stereocenters. The molecule has 1 aromatic rings. The molecule has 0 spiro atoms. The molecule has 11 heavy (non-hydrogen) atoms. The topological polar surface area (TPSA) is 37.3 Å². The van der Waals surface area contributed by atoms with Crippen LogP contribution in [0.3, 0.4) is 0 Å². The van der Waals surface area contributed by atoms with Crippen molar-refractivity contribution in [1.29, 1.82) is 0 Å². The molecule has 0 radical (unpaired) electrons. The van der Waals surface area contributed by atoms with E-state index in [1.54, 1.807) is 18.2 Å². The summed E-state index contributed by atoms with van der Waals surface area (Å²) in [6.07, 6.45) is 0. The summed E-state index contributed by atoms with van der Waals surface area (Å²) in [5, 5.41) is 0.706. The van der Waals surface area contributed by atoms with E-state index in [9.17, 15) is 4.21 Å². The van der Waals surface area contributed by atoms with Crippen molar-refractivity contribution in [1.82, 2.24) is 0 Å². The van der Waals surface area contributed by atoms with E-state index < -0.39 is 11.1 Å². The Kier molecular flexibility index (Phi) is 3.23. The number of hydrogen-bond acceptors (Lipinski definition) is 1. The van der Waals surface area contributed by atoms with Crippen molar-refractivity contribution in [2.24, 2.45) is 0 Å². The molecular formula is C7H7BrO2S. The van der Waals surface area contributed by atoms with E-state index in [1.807, 2.05) is 6.07 Å². The zero-order valence-electron chi connectivity index (χ0n) is 5.66. The van der Waals surface area contributed by atoms with Gasteiger partial charge in [-0.1, -0.05) is 28.1 Å². The van der Waals surface area contributed by atoms with Crippen molar-refractivity contribution in [3.8, 4) is 0 Å². The Morgan fingerprint density at radius 1 is 1.55 bits per heavy atom. The number of rotatable bonds is 2. The fraction of sp³-hybridized carbons (Fsp3) is 0.143. The molecular weight excluding hydrogens is 228 g/mol. The first-order valence-corrected chi connectivity index (χ1v) is 5.22. The zero-order valence-corrected chi connectivity index (χ0v) is 8.06. The molecule has 0 aliphatic carbocycles. The highest BCUT2D eigenvalue weighted by Gasteiger charge is 1.98. The van der Waals surface area contributed by atoms with Gasteiger partial charge in [0.1, 0.15) is 0 Å². The van der Waals surface area contributed by atoms with E-state index >= 15 is 0 Å². The minimum Gasteiger partial charge on any atom is -0.302 e. The van der Waals surface area contributed by atoms with E-state index in [2.05, 4.69) is 15.9 Å². The van der Waals surface area contributed by atoms with Gasteiger partial charge in [0.15, 0.2) is 11.1 Å². The van der Waals surface area contributed by atoms with E-state index in [4.69, 9.17) is 4.55 Å². The summed E-state index contributed by atoms with van der Waals surface area (Å²) < 4.78 is 19.3. The minimum absolute atomic E-state index is 0.446. The second-order valence-electron chi connectivity index (χ2n) is 2.03. The third kappa shape index (κ3) is 2.39. The van der Waals surface area contributed by atoms with Gasteiger partial charge < -0.3 is 4.55 Å². The van der Waals surface area contributed by atoms with E-state index in [-0.39, 0.29) is 0 Å². The van der Waals surface area contributed by atoms with Crippen LogP contribution in [-0.2, 0) is 16.4 Å². The van der Waals surface area contributed by atoms with Crippen LogP contribution in [0.25, 0.3) is 0 Å². The van der Waals surface area contributed by atoms with Crippen molar-refractivity contribution < 1.29 is 8.76 Å². The number of alkyl halides is 1. The van der Waals surface area contributed by atoms with Crippen LogP contribution in [0.4, 0.5) is 0 Å². The van der Waals surface area contributed by atoms with Gasteiger partial charge in [-0.05, 0) is 17.7 Å². The molecule has 2 nitrogen and oxygen atoms in total. The average molecular weight is 235 g/mol. The summed E-state index contributed by atoms with van der Waals surface area (Å²) >= 11 is 1.40. The summed E-state index contributed by atoms with van der Waals surface area (Å²) in [5.74, 6) is 0. The fourth-order valence-electron chi connectivity index (χ4n) is 0.737. The van der Waals surface area contributed by atoms with Crippen LogP contribution in [0.15, 0.2) is 29.2 Å². The smallest absolute Gasteiger partial charge is 0.186 e. The number of hydrogen-bond donors (Lipinski definition) is 1. The highest BCUT2D eigenvalue weighted by molar-refractivity contribution is 9.08. The summed E-state index contributed by atoms with van der Waals surface area (Å²) in [6, 6.07) is 6.98. The first kappa shape index (κ1) is 8.90. The number of halogens is 1. The summed E-state index contributed by atoms with van der Waals surface area (Å²) in [4.78, 5) is 0.446. The van der Waals surface area contributed by atoms with Crippen LogP contribution in [0.2, 0.25) is 0 Å². The molecule has 0 saturated heterocycles. The van der Waals surface area contributed by atoms with Gasteiger partial charge in [-0.25, -0.2) is 4.21 Å². The third-order valence-corrected chi connectivity index (χ3v) is 2.56.